The molecule has 5 nitrogen and oxygen atoms in total. The Balaban J connectivity index is 2.66. The van der Waals surface area contributed by atoms with E-state index in [2.05, 4.69) is 0 Å². The molecule has 6 heteroatoms. The summed E-state index contributed by atoms with van der Waals surface area (Å²) in [5.74, 6) is 1.11. The van der Waals surface area contributed by atoms with Crippen molar-refractivity contribution >= 4 is 9.84 Å². The second-order valence-electron chi connectivity index (χ2n) is 4.14. The summed E-state index contributed by atoms with van der Waals surface area (Å²) < 4.78 is 33.7. The van der Waals surface area contributed by atoms with Crippen LogP contribution in [0.2, 0.25) is 0 Å². The molecule has 0 spiro atoms. The zero-order chi connectivity index (χ0) is 14.3. The number of hydrogen-bond acceptors (Lipinski definition) is 5. The number of ether oxygens (including phenoxy) is 2. The molecule has 0 fully saturated rings. The van der Waals surface area contributed by atoms with Crippen molar-refractivity contribution in [3.8, 4) is 11.5 Å². The third-order valence-electron chi connectivity index (χ3n) is 2.58. The number of aliphatic hydroxyl groups is 1. The minimum absolute atomic E-state index is 0.0205. The molecule has 0 atom stereocenters. The van der Waals surface area contributed by atoms with Crippen LogP contribution in [-0.4, -0.2) is 38.7 Å². The Morgan fingerprint density at radius 2 is 1.95 bits per heavy atom. The molecular formula is C13H20O5S. The highest BCUT2D eigenvalue weighted by Gasteiger charge is 2.11. The SMILES string of the molecule is CCCS(=O)(=O)CCOc1cc(CO)ccc1OC. The van der Waals surface area contributed by atoms with Gasteiger partial charge in [0.25, 0.3) is 0 Å². The topological polar surface area (TPSA) is 72.8 Å². The van der Waals surface area contributed by atoms with E-state index in [4.69, 9.17) is 14.6 Å². The van der Waals surface area contributed by atoms with Crippen molar-refractivity contribution in [2.45, 2.75) is 20.0 Å². The Hall–Kier alpha value is -1.27. The summed E-state index contributed by atoms with van der Waals surface area (Å²) in [5, 5.41) is 9.06. The van der Waals surface area contributed by atoms with Crippen molar-refractivity contribution in [2.24, 2.45) is 0 Å². The van der Waals surface area contributed by atoms with Gasteiger partial charge in [-0.3, -0.25) is 0 Å². The van der Waals surface area contributed by atoms with Gasteiger partial charge in [-0.2, -0.15) is 0 Å². The quantitative estimate of drug-likeness (QED) is 0.782. The average molecular weight is 288 g/mol. The molecule has 108 valence electrons. The van der Waals surface area contributed by atoms with Crippen LogP contribution < -0.4 is 9.47 Å². The van der Waals surface area contributed by atoms with E-state index in [1.807, 2.05) is 6.92 Å². The summed E-state index contributed by atoms with van der Waals surface area (Å²) in [6.45, 7) is 1.80. The van der Waals surface area contributed by atoms with Gasteiger partial charge in [-0.15, -0.1) is 0 Å². The van der Waals surface area contributed by atoms with Crippen LogP contribution in [0.3, 0.4) is 0 Å². The van der Waals surface area contributed by atoms with E-state index >= 15 is 0 Å². The van der Waals surface area contributed by atoms with Crippen molar-refractivity contribution in [3.05, 3.63) is 23.8 Å². The standard InChI is InChI=1S/C13H20O5S/c1-3-7-19(15,16)8-6-18-13-9-11(10-14)4-5-12(13)17-2/h4-5,9,14H,3,6-8,10H2,1-2H3. The van der Waals surface area contributed by atoms with Gasteiger partial charge in [0.15, 0.2) is 21.3 Å². The van der Waals surface area contributed by atoms with E-state index in [1.54, 1.807) is 18.2 Å². The van der Waals surface area contributed by atoms with Gasteiger partial charge in [0.1, 0.15) is 6.61 Å². The summed E-state index contributed by atoms with van der Waals surface area (Å²) in [7, 11) is -1.54. The maximum absolute atomic E-state index is 11.5. The predicted octanol–water partition coefficient (Wildman–Crippen LogP) is 1.39. The highest BCUT2D eigenvalue weighted by molar-refractivity contribution is 7.91. The van der Waals surface area contributed by atoms with Gasteiger partial charge in [0.05, 0.1) is 25.2 Å². The first-order valence-electron chi connectivity index (χ1n) is 6.13. The molecule has 19 heavy (non-hydrogen) atoms. The molecule has 0 heterocycles. The van der Waals surface area contributed by atoms with E-state index < -0.39 is 9.84 Å². The van der Waals surface area contributed by atoms with Gasteiger partial charge in [-0.1, -0.05) is 13.0 Å². The molecule has 0 saturated carbocycles. The molecular weight excluding hydrogens is 268 g/mol. The van der Waals surface area contributed by atoms with E-state index in [0.29, 0.717) is 23.5 Å². The highest BCUT2D eigenvalue weighted by Crippen LogP contribution is 2.28. The first-order valence-corrected chi connectivity index (χ1v) is 7.95. The molecule has 0 saturated heterocycles. The number of methoxy groups -OCH3 is 1. The molecule has 0 aliphatic rings. The lowest BCUT2D eigenvalue weighted by Gasteiger charge is -2.11. The van der Waals surface area contributed by atoms with Crippen LogP contribution in [-0.2, 0) is 16.4 Å². The van der Waals surface area contributed by atoms with Crippen LogP contribution in [0.5, 0.6) is 11.5 Å². The Morgan fingerprint density at radius 3 is 2.53 bits per heavy atom. The third-order valence-corrected chi connectivity index (χ3v) is 4.40. The fourth-order valence-electron chi connectivity index (χ4n) is 1.62. The fraction of sp³-hybridized carbons (Fsp3) is 0.538. The van der Waals surface area contributed by atoms with Gasteiger partial charge >= 0.3 is 0 Å². The molecule has 0 aliphatic carbocycles. The molecule has 0 aromatic heterocycles. The number of sulfone groups is 1. The largest absolute Gasteiger partial charge is 0.493 e. The lowest BCUT2D eigenvalue weighted by atomic mass is 10.2. The first kappa shape index (κ1) is 15.8. The van der Waals surface area contributed by atoms with Crippen molar-refractivity contribution in [2.75, 3.05) is 25.2 Å². The second-order valence-corrected chi connectivity index (χ2v) is 6.45. The van der Waals surface area contributed by atoms with Gasteiger partial charge in [-0.05, 0) is 24.1 Å². The van der Waals surface area contributed by atoms with Crippen LogP contribution in [0.25, 0.3) is 0 Å². The van der Waals surface area contributed by atoms with Crippen LogP contribution >= 0.6 is 0 Å². The third kappa shape index (κ3) is 5.08. The van der Waals surface area contributed by atoms with E-state index in [1.165, 1.54) is 7.11 Å². The normalized spacial score (nSPS) is 11.3. The van der Waals surface area contributed by atoms with Gasteiger partial charge in [-0.25, -0.2) is 8.42 Å². The van der Waals surface area contributed by atoms with Gasteiger partial charge in [0.2, 0.25) is 0 Å². The van der Waals surface area contributed by atoms with E-state index in [0.717, 1.165) is 0 Å². The second kappa shape index (κ2) is 7.35. The highest BCUT2D eigenvalue weighted by atomic mass is 32.2. The van der Waals surface area contributed by atoms with Crippen LogP contribution in [0.1, 0.15) is 18.9 Å². The molecule has 0 bridgehead atoms. The molecule has 1 N–H and O–H groups in total. The first-order chi connectivity index (χ1) is 9.02. The summed E-state index contributed by atoms with van der Waals surface area (Å²) >= 11 is 0. The molecule has 1 rings (SSSR count). The zero-order valence-corrected chi connectivity index (χ0v) is 12.1. The Morgan fingerprint density at radius 1 is 1.21 bits per heavy atom. The van der Waals surface area contributed by atoms with Crippen LogP contribution in [0.15, 0.2) is 18.2 Å². The number of benzene rings is 1. The van der Waals surface area contributed by atoms with Crippen molar-refractivity contribution in [1.82, 2.24) is 0 Å². The summed E-state index contributed by atoms with van der Waals surface area (Å²) in [6, 6.07) is 5.05. The van der Waals surface area contributed by atoms with Crippen molar-refractivity contribution in [3.63, 3.8) is 0 Å². The molecule has 1 aromatic carbocycles. The Bertz CT molecular complexity index is 496. The smallest absolute Gasteiger partial charge is 0.161 e. The van der Waals surface area contributed by atoms with Crippen LogP contribution in [0.4, 0.5) is 0 Å². The Labute approximate surface area is 114 Å². The molecule has 0 unspecified atom stereocenters. The maximum Gasteiger partial charge on any atom is 0.161 e. The minimum atomic E-state index is -3.05. The molecule has 0 aliphatic heterocycles. The van der Waals surface area contributed by atoms with E-state index in [9.17, 15) is 8.42 Å². The zero-order valence-electron chi connectivity index (χ0n) is 11.3. The van der Waals surface area contributed by atoms with Crippen LogP contribution in [0, 0.1) is 0 Å². The predicted molar refractivity (Wildman–Crippen MR) is 73.4 cm³/mol. The Kier molecular flexibility index (Phi) is 6.11. The van der Waals surface area contributed by atoms with Crippen molar-refractivity contribution in [1.29, 1.82) is 0 Å². The number of rotatable bonds is 8. The van der Waals surface area contributed by atoms with Gasteiger partial charge < -0.3 is 14.6 Å². The fourth-order valence-corrected chi connectivity index (χ4v) is 2.79. The number of hydrogen-bond donors (Lipinski definition) is 1. The monoisotopic (exact) mass is 288 g/mol. The molecule has 1 aromatic rings. The van der Waals surface area contributed by atoms with E-state index in [-0.39, 0.29) is 24.7 Å². The summed E-state index contributed by atoms with van der Waals surface area (Å²) in [4.78, 5) is 0. The van der Waals surface area contributed by atoms with Crippen molar-refractivity contribution < 1.29 is 23.0 Å². The lowest BCUT2D eigenvalue weighted by molar-refractivity contribution is 0.278. The number of aliphatic hydroxyl groups excluding tert-OH is 1. The maximum atomic E-state index is 11.5. The summed E-state index contributed by atoms with van der Waals surface area (Å²) in [5.41, 5.74) is 0.687. The lowest BCUT2D eigenvalue weighted by Crippen LogP contribution is -2.17. The minimum Gasteiger partial charge on any atom is -0.493 e. The molecule has 0 amide bonds. The van der Waals surface area contributed by atoms with Gasteiger partial charge in [0, 0.05) is 0 Å². The average Bonchev–Trinajstić information content (AvgIpc) is 2.38. The summed E-state index contributed by atoms with van der Waals surface area (Å²) in [6.07, 6.45) is 0.603. The molecule has 0 radical (unpaired) electrons.